The largest absolute Gasteiger partial charge is 0.455 e. The summed E-state index contributed by atoms with van der Waals surface area (Å²) in [5.74, 6) is 2.29. The van der Waals surface area contributed by atoms with Crippen molar-refractivity contribution in [1.29, 1.82) is 0 Å². The number of hydrogen-bond donors (Lipinski definition) is 1. The van der Waals surface area contributed by atoms with E-state index in [2.05, 4.69) is 29.4 Å². The molecule has 4 heteroatoms. The fourth-order valence-electron chi connectivity index (χ4n) is 2.86. The molecule has 1 N–H and O–H groups in total. The molecule has 3 rings (SSSR count). The Hall–Kier alpha value is -1.91. The predicted molar refractivity (Wildman–Crippen MR) is 90.7 cm³/mol. The van der Waals surface area contributed by atoms with Gasteiger partial charge in [0.05, 0.1) is 12.8 Å². The van der Waals surface area contributed by atoms with E-state index >= 15 is 0 Å². The van der Waals surface area contributed by atoms with Crippen molar-refractivity contribution in [2.45, 2.75) is 26.3 Å². The fraction of sp³-hybridized carbons (Fsp3) is 0.421. The topological polar surface area (TPSA) is 43.4 Å². The Morgan fingerprint density at radius 3 is 3.04 bits per heavy atom. The minimum Gasteiger partial charge on any atom is -0.455 e. The molecular formula is C19H24N2O2. The van der Waals surface area contributed by atoms with Crippen LogP contribution in [-0.2, 0) is 11.3 Å². The smallest absolute Gasteiger partial charge is 0.145 e. The van der Waals surface area contributed by atoms with Gasteiger partial charge in [0.1, 0.15) is 11.5 Å². The van der Waals surface area contributed by atoms with Gasteiger partial charge in [0.25, 0.3) is 0 Å². The Labute approximate surface area is 137 Å². The van der Waals surface area contributed by atoms with Gasteiger partial charge in [-0.15, -0.1) is 0 Å². The molecule has 0 aliphatic carbocycles. The molecule has 1 atom stereocenters. The van der Waals surface area contributed by atoms with Gasteiger partial charge in [0.15, 0.2) is 0 Å². The van der Waals surface area contributed by atoms with Crippen molar-refractivity contribution in [1.82, 2.24) is 10.3 Å². The van der Waals surface area contributed by atoms with Crippen molar-refractivity contribution in [3.05, 3.63) is 53.9 Å². The van der Waals surface area contributed by atoms with Crippen molar-refractivity contribution >= 4 is 0 Å². The van der Waals surface area contributed by atoms with E-state index in [1.54, 1.807) is 12.4 Å². The summed E-state index contributed by atoms with van der Waals surface area (Å²) < 4.78 is 11.4. The third-order valence-electron chi connectivity index (χ3n) is 4.12. The van der Waals surface area contributed by atoms with E-state index in [0.29, 0.717) is 5.92 Å². The van der Waals surface area contributed by atoms with Crippen LogP contribution in [0.4, 0.5) is 0 Å². The number of ether oxygens (including phenoxy) is 2. The molecule has 1 aromatic carbocycles. The molecule has 2 heterocycles. The van der Waals surface area contributed by atoms with E-state index in [-0.39, 0.29) is 0 Å². The Morgan fingerprint density at radius 1 is 1.35 bits per heavy atom. The van der Waals surface area contributed by atoms with E-state index in [4.69, 9.17) is 9.47 Å². The lowest BCUT2D eigenvalue weighted by Gasteiger charge is -2.22. The second-order valence-electron chi connectivity index (χ2n) is 6.10. The molecule has 1 aromatic heterocycles. The molecule has 122 valence electrons. The number of nitrogens with zero attached hydrogens (tertiary/aromatic N) is 1. The maximum atomic E-state index is 5.86. The number of aromatic nitrogens is 1. The van der Waals surface area contributed by atoms with E-state index in [1.165, 1.54) is 18.4 Å². The highest BCUT2D eigenvalue weighted by atomic mass is 16.5. The van der Waals surface area contributed by atoms with E-state index in [1.807, 2.05) is 18.2 Å². The number of hydrogen-bond acceptors (Lipinski definition) is 4. The Kier molecular flexibility index (Phi) is 5.61. The fourth-order valence-corrected chi connectivity index (χ4v) is 2.86. The Balaban J connectivity index is 1.52. The zero-order valence-corrected chi connectivity index (χ0v) is 13.6. The van der Waals surface area contributed by atoms with Crippen molar-refractivity contribution in [3.8, 4) is 11.5 Å². The predicted octanol–water partition coefficient (Wildman–Crippen LogP) is 3.70. The van der Waals surface area contributed by atoms with Gasteiger partial charge >= 0.3 is 0 Å². The van der Waals surface area contributed by atoms with Crippen LogP contribution in [0.5, 0.6) is 11.5 Å². The average molecular weight is 312 g/mol. The van der Waals surface area contributed by atoms with E-state index in [0.717, 1.165) is 43.4 Å². The highest BCUT2D eigenvalue weighted by molar-refractivity contribution is 5.39. The molecule has 2 aromatic rings. The number of pyridine rings is 1. The van der Waals surface area contributed by atoms with Gasteiger partial charge in [-0.05, 0) is 55.0 Å². The standard InChI is InChI=1S/C19H24N2O2/c1-15-10-16(11-21-12-17-4-3-9-22-14-17)6-7-19(15)23-18-5-2-8-20-13-18/h2,5-8,10,13,17,21H,3-4,9,11-12,14H2,1H3/t17-/m1/s1. The van der Waals surface area contributed by atoms with Gasteiger partial charge in [0.2, 0.25) is 0 Å². The van der Waals surface area contributed by atoms with Crippen LogP contribution in [0.2, 0.25) is 0 Å². The van der Waals surface area contributed by atoms with Gasteiger partial charge in [-0.3, -0.25) is 4.98 Å². The molecule has 4 nitrogen and oxygen atoms in total. The van der Waals surface area contributed by atoms with Crippen molar-refractivity contribution in [3.63, 3.8) is 0 Å². The van der Waals surface area contributed by atoms with E-state index < -0.39 is 0 Å². The number of benzene rings is 1. The average Bonchev–Trinajstić information content (AvgIpc) is 2.59. The second-order valence-corrected chi connectivity index (χ2v) is 6.10. The summed E-state index contributed by atoms with van der Waals surface area (Å²) in [5, 5.41) is 3.54. The van der Waals surface area contributed by atoms with Crippen LogP contribution >= 0.6 is 0 Å². The van der Waals surface area contributed by atoms with Gasteiger partial charge in [-0.2, -0.15) is 0 Å². The summed E-state index contributed by atoms with van der Waals surface area (Å²) in [4.78, 5) is 4.07. The molecule has 0 spiro atoms. The highest BCUT2D eigenvalue weighted by Crippen LogP contribution is 2.25. The van der Waals surface area contributed by atoms with Crippen molar-refractivity contribution in [2.75, 3.05) is 19.8 Å². The molecule has 0 radical (unpaired) electrons. The zero-order valence-electron chi connectivity index (χ0n) is 13.6. The lowest BCUT2D eigenvalue weighted by atomic mass is 10.0. The molecule has 23 heavy (non-hydrogen) atoms. The third kappa shape index (κ3) is 4.78. The maximum Gasteiger partial charge on any atom is 0.145 e. The van der Waals surface area contributed by atoms with Crippen LogP contribution in [0.1, 0.15) is 24.0 Å². The number of aryl methyl sites for hydroxylation is 1. The summed E-state index contributed by atoms with van der Waals surface area (Å²) >= 11 is 0. The van der Waals surface area contributed by atoms with Crippen LogP contribution in [-0.4, -0.2) is 24.7 Å². The SMILES string of the molecule is Cc1cc(CNC[C@H]2CCCOC2)ccc1Oc1cccnc1. The van der Waals surface area contributed by atoms with Crippen LogP contribution in [0.3, 0.4) is 0 Å². The van der Waals surface area contributed by atoms with Crippen LogP contribution in [0.15, 0.2) is 42.7 Å². The molecule has 1 fully saturated rings. The highest BCUT2D eigenvalue weighted by Gasteiger charge is 2.13. The molecule has 1 aliphatic rings. The summed E-state index contributed by atoms with van der Waals surface area (Å²) in [6.45, 7) is 5.79. The second kappa shape index (κ2) is 8.09. The number of rotatable bonds is 6. The Bertz CT molecular complexity index is 610. The first-order chi connectivity index (χ1) is 11.3. The van der Waals surface area contributed by atoms with Crippen LogP contribution in [0, 0.1) is 12.8 Å². The van der Waals surface area contributed by atoms with Gasteiger partial charge < -0.3 is 14.8 Å². The van der Waals surface area contributed by atoms with Gasteiger partial charge in [-0.25, -0.2) is 0 Å². The van der Waals surface area contributed by atoms with Gasteiger partial charge in [-0.1, -0.05) is 12.1 Å². The minimum atomic E-state index is 0.651. The Morgan fingerprint density at radius 2 is 2.30 bits per heavy atom. The monoisotopic (exact) mass is 312 g/mol. The van der Waals surface area contributed by atoms with E-state index in [9.17, 15) is 0 Å². The lowest BCUT2D eigenvalue weighted by Crippen LogP contribution is -2.28. The molecule has 0 saturated carbocycles. The van der Waals surface area contributed by atoms with Crippen molar-refractivity contribution in [2.24, 2.45) is 5.92 Å². The summed E-state index contributed by atoms with van der Waals surface area (Å²) in [5.41, 5.74) is 2.41. The summed E-state index contributed by atoms with van der Waals surface area (Å²) in [7, 11) is 0. The minimum absolute atomic E-state index is 0.651. The molecule has 0 unspecified atom stereocenters. The molecule has 1 aliphatic heterocycles. The zero-order chi connectivity index (χ0) is 15.9. The van der Waals surface area contributed by atoms with Crippen LogP contribution < -0.4 is 10.1 Å². The van der Waals surface area contributed by atoms with Crippen LogP contribution in [0.25, 0.3) is 0 Å². The molecule has 0 bridgehead atoms. The quantitative estimate of drug-likeness (QED) is 0.883. The molecule has 1 saturated heterocycles. The number of nitrogens with one attached hydrogen (secondary N) is 1. The molecular weight excluding hydrogens is 288 g/mol. The lowest BCUT2D eigenvalue weighted by molar-refractivity contribution is 0.0547. The summed E-state index contributed by atoms with van der Waals surface area (Å²) in [6, 6.07) is 10.1. The normalized spacial score (nSPS) is 17.9. The first kappa shape index (κ1) is 16.0. The summed E-state index contributed by atoms with van der Waals surface area (Å²) in [6.07, 6.45) is 5.92. The van der Waals surface area contributed by atoms with Crippen molar-refractivity contribution < 1.29 is 9.47 Å². The maximum absolute atomic E-state index is 5.86. The first-order valence-electron chi connectivity index (χ1n) is 8.27. The van der Waals surface area contributed by atoms with Gasteiger partial charge in [0, 0.05) is 25.9 Å². The molecule has 0 amide bonds. The first-order valence-corrected chi connectivity index (χ1v) is 8.27. The third-order valence-corrected chi connectivity index (χ3v) is 4.12.